The second-order valence-corrected chi connectivity index (χ2v) is 18.7. The summed E-state index contributed by atoms with van der Waals surface area (Å²) in [6.07, 6.45) is 10.4. The van der Waals surface area contributed by atoms with E-state index in [0.29, 0.717) is 13.1 Å². The van der Waals surface area contributed by atoms with Gasteiger partial charge in [-0.15, -0.1) is 0 Å². The van der Waals surface area contributed by atoms with E-state index in [0.717, 1.165) is 55.5 Å². The smallest absolute Gasteiger partial charge is 0.210 e. The lowest BCUT2D eigenvalue weighted by Gasteiger charge is -2.27. The molecule has 2 heterocycles. The van der Waals surface area contributed by atoms with E-state index in [9.17, 15) is 25.9 Å². The van der Waals surface area contributed by atoms with Crippen molar-refractivity contribution in [3.05, 3.63) is 120 Å². The predicted molar refractivity (Wildman–Crippen MR) is 228 cm³/mol. The third kappa shape index (κ3) is 9.52. The van der Waals surface area contributed by atoms with E-state index in [4.69, 9.17) is 0 Å². The highest BCUT2D eigenvalue weighted by Gasteiger charge is 2.45. The van der Waals surface area contributed by atoms with Gasteiger partial charge in [0, 0.05) is 59.0 Å². The molecule has 1 N–H and O–H groups in total. The quantitative estimate of drug-likeness (QED) is 0.0831. The summed E-state index contributed by atoms with van der Waals surface area (Å²) in [7, 11) is -8.67. The number of hydrogen-bond donors (Lipinski definition) is 1. The summed E-state index contributed by atoms with van der Waals surface area (Å²) in [5, 5.41) is 4.52. The van der Waals surface area contributed by atoms with Crippen LogP contribution in [0.5, 0.6) is 0 Å². The van der Waals surface area contributed by atoms with Crippen molar-refractivity contribution in [2.75, 3.05) is 49.1 Å². The van der Waals surface area contributed by atoms with Crippen LogP contribution >= 0.6 is 0 Å². The van der Waals surface area contributed by atoms with Crippen LogP contribution in [0, 0.1) is 0 Å². The van der Waals surface area contributed by atoms with Crippen LogP contribution in [0.25, 0.3) is 21.5 Å². The number of nitrogens with one attached hydrogen (secondary N) is 1. The summed E-state index contributed by atoms with van der Waals surface area (Å²) in [6.45, 7) is 19.9. The Morgan fingerprint density at radius 3 is 1.80 bits per heavy atom. The molecule has 0 radical (unpaired) electrons. The van der Waals surface area contributed by atoms with Crippen LogP contribution in [0.2, 0.25) is 0 Å². The normalized spacial score (nSPS) is 17.1. The topological polar surface area (TPSA) is 125 Å². The van der Waals surface area contributed by atoms with Crippen LogP contribution in [0.4, 0.5) is 11.4 Å². The standard InChI is InChI=1S/C39H42N2O6S2.C6H15N/c1-38(2)34(40(24-12-26-48(42,43)44)32-22-20-28-14-8-10-16-30(28)36(32)38)18-6-5-7-19-35-39(3,4)37-31-17-11-9-15-29(31)21-23-33(37)41(35)25-13-27-49(45,46)47;1-4-7(5-2)6-3/h5-11,14-23H,12-13,24-27H2,1-4H3,(H-,42,43,44,45,46,47);4-6H2,1-3H3. The number of allylic oxidation sites excluding steroid dienone is 6. The SMILES string of the molecule is CC1(C)C(/C=C/C=C/C=C2/N(CCCS(=O)(=O)[O-])c3ccc4ccccc4c3C2(C)C)=[N+](CCCS(=O)(=O)[O-])c2ccc3ccccc3c21.CC[NH+](CC)CC. The van der Waals surface area contributed by atoms with Crippen LogP contribution in [0.1, 0.15) is 72.4 Å². The second-order valence-electron chi connectivity index (χ2n) is 15.6. The fourth-order valence-corrected chi connectivity index (χ4v) is 9.42. The van der Waals surface area contributed by atoms with Gasteiger partial charge in [0.25, 0.3) is 0 Å². The van der Waals surface area contributed by atoms with Gasteiger partial charge >= 0.3 is 0 Å². The van der Waals surface area contributed by atoms with Crippen molar-refractivity contribution in [3.8, 4) is 0 Å². The lowest BCUT2D eigenvalue weighted by molar-refractivity contribution is -0.894. The third-order valence-corrected chi connectivity index (χ3v) is 12.9. The molecule has 6 rings (SSSR count). The molecule has 0 aliphatic carbocycles. The molecule has 2 aliphatic rings. The van der Waals surface area contributed by atoms with Crippen LogP contribution in [-0.2, 0) is 31.1 Å². The van der Waals surface area contributed by atoms with Crippen molar-refractivity contribution in [2.24, 2.45) is 0 Å². The maximum atomic E-state index is 11.4. The van der Waals surface area contributed by atoms with Gasteiger partial charge < -0.3 is 18.9 Å². The fraction of sp³-hybridized carbons (Fsp3) is 0.400. The van der Waals surface area contributed by atoms with Crippen LogP contribution in [0.15, 0.2) is 109 Å². The van der Waals surface area contributed by atoms with Crippen molar-refractivity contribution < 1.29 is 35.4 Å². The number of quaternary nitrogens is 1. The van der Waals surface area contributed by atoms with E-state index in [1.165, 1.54) is 19.6 Å². The summed E-state index contributed by atoms with van der Waals surface area (Å²) in [4.78, 5) is 3.81. The molecule has 9 nitrogen and oxygen atoms in total. The first-order valence-corrected chi connectivity index (χ1v) is 22.8. The van der Waals surface area contributed by atoms with Crippen molar-refractivity contribution in [2.45, 2.75) is 72.1 Å². The monoisotopic (exact) mass is 799 g/mol. The molecule has 0 atom stereocenters. The van der Waals surface area contributed by atoms with Gasteiger partial charge in [0.1, 0.15) is 6.54 Å². The summed E-state index contributed by atoms with van der Waals surface area (Å²) >= 11 is 0. The molecule has 0 amide bonds. The first-order valence-electron chi connectivity index (χ1n) is 19.7. The molecule has 0 fully saturated rings. The number of hydrogen-bond acceptors (Lipinski definition) is 7. The molecular formula is C45H57N3O6S2. The Balaban J connectivity index is 0.000000784. The fourth-order valence-electron chi connectivity index (χ4n) is 8.46. The first kappa shape index (κ1) is 43.0. The second kappa shape index (κ2) is 17.6. The molecule has 300 valence electrons. The number of nitrogens with zero attached hydrogens (tertiary/aromatic N) is 2. The van der Waals surface area contributed by atoms with Crippen LogP contribution < -0.4 is 9.80 Å². The highest BCUT2D eigenvalue weighted by Crippen LogP contribution is 2.51. The van der Waals surface area contributed by atoms with E-state index in [1.807, 2.05) is 42.5 Å². The zero-order valence-electron chi connectivity index (χ0n) is 33.8. The minimum absolute atomic E-state index is 0.210. The average molecular weight is 800 g/mol. The molecule has 2 aliphatic heterocycles. The Hall–Kier alpha value is -4.13. The van der Waals surface area contributed by atoms with Gasteiger partial charge in [-0.3, -0.25) is 0 Å². The number of benzene rings is 4. The molecular weight excluding hydrogens is 743 g/mol. The van der Waals surface area contributed by atoms with E-state index in [-0.39, 0.29) is 12.8 Å². The molecule has 11 heteroatoms. The summed E-state index contributed by atoms with van der Waals surface area (Å²) < 4.78 is 70.8. The van der Waals surface area contributed by atoms with E-state index < -0.39 is 42.6 Å². The average Bonchev–Trinajstić information content (AvgIpc) is 3.50. The largest absolute Gasteiger partial charge is 0.748 e. The Kier molecular flexibility index (Phi) is 13.5. The first-order chi connectivity index (χ1) is 26.4. The lowest BCUT2D eigenvalue weighted by Crippen LogP contribution is -3.11. The zero-order valence-corrected chi connectivity index (χ0v) is 35.5. The van der Waals surface area contributed by atoms with Crippen LogP contribution in [-0.4, -0.2) is 80.5 Å². The summed E-state index contributed by atoms with van der Waals surface area (Å²) in [5.41, 5.74) is 5.54. The Bertz CT molecular complexity index is 2400. The maximum absolute atomic E-state index is 11.4. The Morgan fingerprint density at radius 1 is 0.679 bits per heavy atom. The van der Waals surface area contributed by atoms with Crippen LogP contribution in [0.3, 0.4) is 0 Å². The number of rotatable bonds is 14. The lowest BCUT2D eigenvalue weighted by atomic mass is 9.79. The van der Waals surface area contributed by atoms with Crippen molar-refractivity contribution in [1.29, 1.82) is 0 Å². The minimum atomic E-state index is -4.34. The highest BCUT2D eigenvalue weighted by atomic mass is 32.2. The van der Waals surface area contributed by atoms with Gasteiger partial charge in [0.2, 0.25) is 5.69 Å². The Labute approximate surface area is 334 Å². The van der Waals surface area contributed by atoms with Crippen molar-refractivity contribution >= 4 is 58.9 Å². The van der Waals surface area contributed by atoms with Gasteiger partial charge in [-0.2, -0.15) is 4.58 Å². The molecule has 0 bridgehead atoms. The summed E-state index contributed by atoms with van der Waals surface area (Å²) in [6, 6.07) is 24.7. The van der Waals surface area contributed by atoms with Gasteiger partial charge in [-0.25, -0.2) is 16.8 Å². The molecule has 4 aromatic carbocycles. The van der Waals surface area contributed by atoms with Crippen molar-refractivity contribution in [3.63, 3.8) is 0 Å². The predicted octanol–water partition coefficient (Wildman–Crippen LogP) is 6.96. The highest BCUT2D eigenvalue weighted by molar-refractivity contribution is 7.85. The van der Waals surface area contributed by atoms with Gasteiger partial charge in [0.05, 0.1) is 45.3 Å². The van der Waals surface area contributed by atoms with Gasteiger partial charge in [-0.1, -0.05) is 86.7 Å². The molecule has 0 unspecified atom stereocenters. The van der Waals surface area contributed by atoms with Gasteiger partial charge in [-0.05, 0) is 86.4 Å². The zero-order chi connectivity index (χ0) is 40.9. The molecule has 56 heavy (non-hydrogen) atoms. The Morgan fingerprint density at radius 2 is 1.23 bits per heavy atom. The van der Waals surface area contributed by atoms with Crippen molar-refractivity contribution in [1.82, 2.24) is 0 Å². The number of anilines is 1. The number of fused-ring (bicyclic) bond motifs is 6. The molecule has 0 saturated carbocycles. The summed E-state index contributed by atoms with van der Waals surface area (Å²) in [5.74, 6) is -0.857. The van der Waals surface area contributed by atoms with Gasteiger partial charge in [0.15, 0.2) is 5.71 Å². The van der Waals surface area contributed by atoms with E-state index in [1.54, 1.807) is 4.90 Å². The molecule has 4 aromatic rings. The molecule has 0 saturated heterocycles. The maximum Gasteiger partial charge on any atom is 0.210 e. The molecule has 0 spiro atoms. The van der Waals surface area contributed by atoms with E-state index >= 15 is 0 Å². The molecule has 0 aromatic heterocycles. The minimum Gasteiger partial charge on any atom is -0.748 e. The third-order valence-electron chi connectivity index (χ3n) is 11.3. The van der Waals surface area contributed by atoms with E-state index in [2.05, 4.69) is 119 Å².